The van der Waals surface area contributed by atoms with Gasteiger partial charge in [-0.1, -0.05) is 31.2 Å². The van der Waals surface area contributed by atoms with Crippen molar-refractivity contribution in [2.45, 2.75) is 26.7 Å². The molecule has 126 valence electrons. The van der Waals surface area contributed by atoms with Crippen molar-refractivity contribution in [1.29, 1.82) is 0 Å². The van der Waals surface area contributed by atoms with Gasteiger partial charge >= 0.3 is 0 Å². The summed E-state index contributed by atoms with van der Waals surface area (Å²) in [6.07, 6.45) is 1.51. The Hall–Kier alpha value is -2.43. The molecule has 0 saturated carbocycles. The van der Waals surface area contributed by atoms with Crippen LogP contribution in [0.1, 0.15) is 23.7 Å². The van der Waals surface area contributed by atoms with Crippen molar-refractivity contribution >= 4 is 11.7 Å². The maximum atomic E-state index is 12.5. The van der Waals surface area contributed by atoms with Crippen molar-refractivity contribution in [3.63, 3.8) is 0 Å². The highest BCUT2D eigenvalue weighted by Gasteiger charge is 2.22. The number of carbonyl (C=O) groups is 1. The van der Waals surface area contributed by atoms with Gasteiger partial charge in [0.1, 0.15) is 0 Å². The van der Waals surface area contributed by atoms with Gasteiger partial charge in [0.25, 0.3) is 0 Å². The molecule has 1 amide bonds. The van der Waals surface area contributed by atoms with Crippen LogP contribution in [-0.2, 0) is 17.6 Å². The molecule has 0 bridgehead atoms. The predicted molar refractivity (Wildman–Crippen MR) is 95.1 cm³/mol. The zero-order valence-corrected chi connectivity index (χ0v) is 14.4. The SMILES string of the molecule is CCc1ccc(CC(=O)N2CCN(c3ccc(C)nn3)CC2)cc1. The molecule has 2 aromatic rings. The Morgan fingerprint density at radius 3 is 2.21 bits per heavy atom. The molecule has 24 heavy (non-hydrogen) atoms. The monoisotopic (exact) mass is 324 g/mol. The minimum Gasteiger partial charge on any atom is -0.352 e. The predicted octanol–water partition coefficient (Wildman–Crippen LogP) is 2.24. The van der Waals surface area contributed by atoms with Crippen LogP contribution in [0.3, 0.4) is 0 Å². The van der Waals surface area contributed by atoms with Crippen LogP contribution in [0.25, 0.3) is 0 Å². The molecule has 1 aliphatic rings. The number of hydrogen-bond acceptors (Lipinski definition) is 4. The number of carbonyl (C=O) groups excluding carboxylic acids is 1. The van der Waals surface area contributed by atoms with Crippen molar-refractivity contribution in [3.8, 4) is 0 Å². The van der Waals surface area contributed by atoms with Crippen LogP contribution >= 0.6 is 0 Å². The number of aromatic nitrogens is 2. The molecule has 1 saturated heterocycles. The van der Waals surface area contributed by atoms with E-state index in [1.54, 1.807) is 0 Å². The van der Waals surface area contributed by atoms with Crippen LogP contribution in [0.15, 0.2) is 36.4 Å². The average Bonchev–Trinajstić information content (AvgIpc) is 2.63. The first-order valence-corrected chi connectivity index (χ1v) is 8.56. The van der Waals surface area contributed by atoms with Gasteiger partial charge in [0.15, 0.2) is 5.82 Å². The van der Waals surface area contributed by atoms with E-state index in [1.807, 2.05) is 24.0 Å². The maximum Gasteiger partial charge on any atom is 0.227 e. The summed E-state index contributed by atoms with van der Waals surface area (Å²) in [4.78, 5) is 16.6. The first-order valence-electron chi connectivity index (χ1n) is 8.56. The summed E-state index contributed by atoms with van der Waals surface area (Å²) in [5.74, 6) is 1.09. The summed E-state index contributed by atoms with van der Waals surface area (Å²) in [6.45, 7) is 7.15. The zero-order valence-electron chi connectivity index (χ0n) is 14.4. The van der Waals surface area contributed by atoms with E-state index in [2.05, 4.69) is 46.3 Å². The van der Waals surface area contributed by atoms with Crippen LogP contribution in [0, 0.1) is 6.92 Å². The normalized spacial score (nSPS) is 14.8. The summed E-state index contributed by atoms with van der Waals surface area (Å²) >= 11 is 0. The number of nitrogens with zero attached hydrogens (tertiary/aromatic N) is 4. The van der Waals surface area contributed by atoms with Crippen LogP contribution in [0.4, 0.5) is 5.82 Å². The molecule has 1 aromatic carbocycles. The lowest BCUT2D eigenvalue weighted by atomic mass is 10.1. The lowest BCUT2D eigenvalue weighted by Gasteiger charge is -2.35. The van der Waals surface area contributed by atoms with Crippen molar-refractivity contribution in [3.05, 3.63) is 53.2 Å². The first kappa shape index (κ1) is 16.4. The maximum absolute atomic E-state index is 12.5. The molecular formula is C19H24N4O. The summed E-state index contributed by atoms with van der Waals surface area (Å²) < 4.78 is 0. The molecule has 1 aromatic heterocycles. The molecule has 3 rings (SSSR count). The van der Waals surface area contributed by atoms with E-state index in [-0.39, 0.29) is 5.91 Å². The number of hydrogen-bond donors (Lipinski definition) is 0. The van der Waals surface area contributed by atoms with Crippen LogP contribution in [-0.4, -0.2) is 47.2 Å². The van der Waals surface area contributed by atoms with E-state index in [0.29, 0.717) is 6.42 Å². The molecule has 0 unspecified atom stereocenters. The third-order valence-corrected chi connectivity index (χ3v) is 4.53. The number of aryl methyl sites for hydroxylation is 2. The highest BCUT2D eigenvalue weighted by atomic mass is 16.2. The molecule has 0 aliphatic carbocycles. The summed E-state index contributed by atoms with van der Waals surface area (Å²) in [5.41, 5.74) is 3.31. The average molecular weight is 324 g/mol. The molecule has 5 nitrogen and oxygen atoms in total. The van der Waals surface area contributed by atoms with Gasteiger partial charge in [-0.25, -0.2) is 0 Å². The summed E-state index contributed by atoms with van der Waals surface area (Å²) in [6, 6.07) is 12.3. The van der Waals surface area contributed by atoms with E-state index in [4.69, 9.17) is 0 Å². The van der Waals surface area contributed by atoms with E-state index < -0.39 is 0 Å². The summed E-state index contributed by atoms with van der Waals surface area (Å²) in [5, 5.41) is 8.33. The largest absolute Gasteiger partial charge is 0.352 e. The Morgan fingerprint density at radius 1 is 0.958 bits per heavy atom. The number of benzene rings is 1. The van der Waals surface area contributed by atoms with Crippen molar-refractivity contribution in [2.24, 2.45) is 0 Å². The Balaban J connectivity index is 1.53. The van der Waals surface area contributed by atoms with Crippen LogP contribution in [0.2, 0.25) is 0 Å². The topological polar surface area (TPSA) is 49.3 Å². The van der Waals surface area contributed by atoms with Gasteiger partial charge < -0.3 is 9.80 Å². The Labute approximate surface area is 143 Å². The van der Waals surface area contributed by atoms with Crippen molar-refractivity contribution in [2.75, 3.05) is 31.1 Å². The van der Waals surface area contributed by atoms with Gasteiger partial charge in [-0.2, -0.15) is 5.10 Å². The van der Waals surface area contributed by atoms with Crippen LogP contribution in [0.5, 0.6) is 0 Å². The Kier molecular flexibility index (Phi) is 5.08. The minimum atomic E-state index is 0.203. The molecule has 0 radical (unpaired) electrons. The molecule has 5 heteroatoms. The smallest absolute Gasteiger partial charge is 0.227 e. The fourth-order valence-electron chi connectivity index (χ4n) is 2.92. The number of anilines is 1. The number of rotatable bonds is 4. The molecule has 0 spiro atoms. The number of piperazine rings is 1. The highest BCUT2D eigenvalue weighted by molar-refractivity contribution is 5.79. The first-order chi connectivity index (χ1) is 11.7. The van der Waals surface area contributed by atoms with E-state index in [9.17, 15) is 4.79 Å². The molecular weight excluding hydrogens is 300 g/mol. The van der Waals surface area contributed by atoms with Crippen molar-refractivity contribution < 1.29 is 4.79 Å². The minimum absolute atomic E-state index is 0.203. The van der Waals surface area contributed by atoms with Gasteiger partial charge in [-0.05, 0) is 36.6 Å². The second-order valence-corrected chi connectivity index (χ2v) is 6.25. The third kappa shape index (κ3) is 3.91. The molecule has 2 heterocycles. The fraction of sp³-hybridized carbons (Fsp3) is 0.421. The summed E-state index contributed by atoms with van der Waals surface area (Å²) in [7, 11) is 0. The van der Waals surface area contributed by atoms with Gasteiger partial charge in [-0.15, -0.1) is 5.10 Å². The number of amides is 1. The molecule has 0 atom stereocenters. The Bertz CT molecular complexity index is 674. The lowest BCUT2D eigenvalue weighted by molar-refractivity contribution is -0.130. The van der Waals surface area contributed by atoms with Gasteiger partial charge in [0.05, 0.1) is 12.1 Å². The fourth-order valence-corrected chi connectivity index (χ4v) is 2.92. The van der Waals surface area contributed by atoms with E-state index in [1.165, 1.54) is 5.56 Å². The van der Waals surface area contributed by atoms with Gasteiger partial charge in [0, 0.05) is 26.2 Å². The second-order valence-electron chi connectivity index (χ2n) is 6.25. The van der Waals surface area contributed by atoms with Gasteiger partial charge in [-0.3, -0.25) is 4.79 Å². The molecule has 0 N–H and O–H groups in total. The van der Waals surface area contributed by atoms with E-state index >= 15 is 0 Å². The Morgan fingerprint density at radius 2 is 1.62 bits per heavy atom. The quantitative estimate of drug-likeness (QED) is 0.865. The lowest BCUT2D eigenvalue weighted by Crippen LogP contribution is -2.49. The van der Waals surface area contributed by atoms with Crippen molar-refractivity contribution in [1.82, 2.24) is 15.1 Å². The standard InChI is InChI=1S/C19H24N4O/c1-3-16-5-7-17(8-6-16)14-19(24)23-12-10-22(11-13-23)18-9-4-15(2)20-21-18/h4-9H,3,10-14H2,1-2H3. The second kappa shape index (κ2) is 7.43. The van der Waals surface area contributed by atoms with Gasteiger partial charge in [0.2, 0.25) is 5.91 Å². The third-order valence-electron chi connectivity index (χ3n) is 4.53. The van der Waals surface area contributed by atoms with E-state index in [0.717, 1.165) is 49.7 Å². The zero-order chi connectivity index (χ0) is 16.9. The molecule has 1 aliphatic heterocycles. The molecule has 1 fully saturated rings. The highest BCUT2D eigenvalue weighted by Crippen LogP contribution is 2.14. The van der Waals surface area contributed by atoms with Crippen LogP contribution < -0.4 is 4.90 Å².